The van der Waals surface area contributed by atoms with E-state index in [2.05, 4.69) is 33.7 Å². The molecule has 1 atom stereocenters. The molecule has 124 valence electrons. The van der Waals surface area contributed by atoms with Gasteiger partial charge in [0.2, 0.25) is 5.91 Å². The highest BCUT2D eigenvalue weighted by atomic mass is 32.1. The van der Waals surface area contributed by atoms with E-state index in [0.717, 1.165) is 11.3 Å². The van der Waals surface area contributed by atoms with Gasteiger partial charge in [0.1, 0.15) is 0 Å². The fourth-order valence-corrected chi connectivity index (χ4v) is 3.00. The Bertz CT molecular complexity index is 770. The summed E-state index contributed by atoms with van der Waals surface area (Å²) < 4.78 is 1.85. The van der Waals surface area contributed by atoms with Gasteiger partial charge in [0.25, 0.3) is 0 Å². The Morgan fingerprint density at radius 1 is 1.29 bits per heavy atom. The smallest absolute Gasteiger partial charge is 0.227 e. The topological polar surface area (TPSA) is 71.8 Å². The van der Waals surface area contributed by atoms with Gasteiger partial charge in [-0.2, -0.15) is 5.10 Å². The molecule has 7 heteroatoms. The number of hydrogen-bond donors (Lipinski definition) is 2. The third-order valence-electron chi connectivity index (χ3n) is 3.64. The van der Waals surface area contributed by atoms with Crippen molar-refractivity contribution in [3.05, 3.63) is 59.9 Å². The molecule has 0 aliphatic rings. The summed E-state index contributed by atoms with van der Waals surface area (Å²) in [5.74, 6) is -0.0370. The molecule has 0 radical (unpaired) electrons. The number of para-hydroxylation sites is 1. The third-order valence-corrected chi connectivity index (χ3v) is 4.32. The number of hydrogen-bond acceptors (Lipinski definition) is 5. The maximum Gasteiger partial charge on any atom is 0.227 e. The van der Waals surface area contributed by atoms with E-state index in [1.165, 1.54) is 11.3 Å². The Kier molecular flexibility index (Phi) is 5.35. The van der Waals surface area contributed by atoms with Crippen LogP contribution in [0.5, 0.6) is 0 Å². The molecule has 6 nitrogen and oxygen atoms in total. The zero-order valence-corrected chi connectivity index (χ0v) is 14.2. The quantitative estimate of drug-likeness (QED) is 0.693. The molecule has 0 aliphatic heterocycles. The van der Waals surface area contributed by atoms with Crippen molar-refractivity contribution >= 4 is 22.4 Å². The van der Waals surface area contributed by atoms with Crippen LogP contribution in [0.15, 0.2) is 54.3 Å². The molecule has 0 unspecified atom stereocenters. The van der Waals surface area contributed by atoms with Crippen LogP contribution in [0.1, 0.15) is 24.9 Å². The molecule has 0 bridgehead atoms. The lowest BCUT2D eigenvalue weighted by molar-refractivity contribution is -0.116. The summed E-state index contributed by atoms with van der Waals surface area (Å²) in [5, 5.41) is 12.9. The van der Waals surface area contributed by atoms with Crippen LogP contribution in [0.3, 0.4) is 0 Å². The molecule has 0 saturated carbocycles. The monoisotopic (exact) mass is 341 g/mol. The highest BCUT2D eigenvalue weighted by Crippen LogP contribution is 2.20. The molecule has 0 aliphatic carbocycles. The number of nitrogens with one attached hydrogen (secondary N) is 2. The Balaban J connectivity index is 1.56. The lowest BCUT2D eigenvalue weighted by atomic mass is 10.1. The summed E-state index contributed by atoms with van der Waals surface area (Å²) in [6.07, 6.45) is 5.76. The van der Waals surface area contributed by atoms with Gasteiger partial charge in [-0.1, -0.05) is 18.2 Å². The van der Waals surface area contributed by atoms with Gasteiger partial charge in [-0.15, -0.1) is 11.3 Å². The second-order valence-electron chi connectivity index (χ2n) is 5.32. The minimum Gasteiger partial charge on any atom is -0.310 e. The van der Waals surface area contributed by atoms with E-state index in [9.17, 15) is 4.79 Å². The average Bonchev–Trinajstić information content (AvgIpc) is 3.28. The minimum atomic E-state index is -0.0370. The standard InChI is InChI=1S/C17H19N5OS/c1-13(18-9-7-16(23)21-17-19-10-12-24-17)14-5-2-3-6-15(14)22-11-4-8-20-22/h2-6,8,10-13,18H,7,9H2,1H3,(H,19,21,23)/t13-/m1/s1. The van der Waals surface area contributed by atoms with Gasteiger partial charge in [0, 0.05) is 43.0 Å². The molecular weight excluding hydrogens is 322 g/mol. The molecule has 2 N–H and O–H groups in total. The average molecular weight is 341 g/mol. The number of anilines is 1. The van der Waals surface area contributed by atoms with Crippen molar-refractivity contribution in [3.8, 4) is 5.69 Å². The van der Waals surface area contributed by atoms with E-state index in [4.69, 9.17) is 0 Å². The van der Waals surface area contributed by atoms with Gasteiger partial charge < -0.3 is 10.6 Å². The van der Waals surface area contributed by atoms with Gasteiger partial charge in [0.05, 0.1) is 5.69 Å². The van der Waals surface area contributed by atoms with Crippen LogP contribution >= 0.6 is 11.3 Å². The zero-order chi connectivity index (χ0) is 16.8. The second kappa shape index (κ2) is 7.85. The molecular formula is C17H19N5OS. The van der Waals surface area contributed by atoms with Gasteiger partial charge in [-0.3, -0.25) is 4.79 Å². The largest absolute Gasteiger partial charge is 0.310 e. The van der Waals surface area contributed by atoms with Crippen LogP contribution in [-0.4, -0.2) is 27.2 Å². The Labute approximate surface area is 144 Å². The van der Waals surface area contributed by atoms with Gasteiger partial charge in [-0.25, -0.2) is 9.67 Å². The first-order chi connectivity index (χ1) is 11.7. The van der Waals surface area contributed by atoms with Crippen molar-refractivity contribution in [2.45, 2.75) is 19.4 Å². The van der Waals surface area contributed by atoms with E-state index in [1.807, 2.05) is 40.5 Å². The van der Waals surface area contributed by atoms with Crippen LogP contribution in [0.25, 0.3) is 5.69 Å². The van der Waals surface area contributed by atoms with Crippen LogP contribution in [0.2, 0.25) is 0 Å². The number of benzene rings is 1. The van der Waals surface area contributed by atoms with Gasteiger partial charge >= 0.3 is 0 Å². The number of rotatable bonds is 7. The highest BCUT2D eigenvalue weighted by Gasteiger charge is 2.12. The first-order valence-corrected chi connectivity index (χ1v) is 8.63. The SMILES string of the molecule is C[C@@H](NCCC(=O)Nc1nccs1)c1ccccc1-n1cccn1. The molecule has 0 spiro atoms. The predicted octanol–water partition coefficient (Wildman–Crippen LogP) is 3.01. The fraction of sp³-hybridized carbons (Fsp3) is 0.235. The van der Waals surface area contributed by atoms with E-state index in [1.54, 1.807) is 12.4 Å². The van der Waals surface area contributed by atoms with Gasteiger partial charge in [-0.05, 0) is 24.6 Å². The van der Waals surface area contributed by atoms with Crippen molar-refractivity contribution in [2.24, 2.45) is 0 Å². The molecule has 0 saturated heterocycles. The van der Waals surface area contributed by atoms with Crippen LogP contribution < -0.4 is 10.6 Å². The summed E-state index contributed by atoms with van der Waals surface area (Å²) in [7, 11) is 0. The highest BCUT2D eigenvalue weighted by molar-refractivity contribution is 7.13. The van der Waals surface area contributed by atoms with E-state index in [0.29, 0.717) is 18.1 Å². The normalized spacial score (nSPS) is 12.0. The number of aromatic nitrogens is 3. The molecule has 3 aromatic rings. The Morgan fingerprint density at radius 2 is 2.17 bits per heavy atom. The molecule has 2 heterocycles. The number of nitrogens with zero attached hydrogens (tertiary/aromatic N) is 3. The van der Waals surface area contributed by atoms with Crippen molar-refractivity contribution in [3.63, 3.8) is 0 Å². The molecule has 3 rings (SSSR count). The lowest BCUT2D eigenvalue weighted by Gasteiger charge is -2.18. The summed E-state index contributed by atoms with van der Waals surface area (Å²) >= 11 is 1.42. The molecule has 24 heavy (non-hydrogen) atoms. The van der Waals surface area contributed by atoms with Crippen molar-refractivity contribution < 1.29 is 4.79 Å². The first kappa shape index (κ1) is 16.4. The predicted molar refractivity (Wildman–Crippen MR) is 95.3 cm³/mol. The van der Waals surface area contributed by atoms with Crippen LogP contribution in [0, 0.1) is 0 Å². The van der Waals surface area contributed by atoms with Crippen molar-refractivity contribution in [1.82, 2.24) is 20.1 Å². The Hall–Kier alpha value is -2.51. The van der Waals surface area contributed by atoms with Crippen LogP contribution in [-0.2, 0) is 4.79 Å². The van der Waals surface area contributed by atoms with Crippen molar-refractivity contribution in [1.29, 1.82) is 0 Å². The molecule has 1 aromatic carbocycles. The van der Waals surface area contributed by atoms with E-state index in [-0.39, 0.29) is 11.9 Å². The zero-order valence-electron chi connectivity index (χ0n) is 13.3. The Morgan fingerprint density at radius 3 is 2.92 bits per heavy atom. The summed E-state index contributed by atoms with van der Waals surface area (Å²) in [4.78, 5) is 15.9. The van der Waals surface area contributed by atoms with E-state index < -0.39 is 0 Å². The first-order valence-electron chi connectivity index (χ1n) is 7.75. The number of amides is 1. The minimum absolute atomic E-state index is 0.0370. The lowest BCUT2D eigenvalue weighted by Crippen LogP contribution is -2.25. The molecule has 2 aromatic heterocycles. The van der Waals surface area contributed by atoms with E-state index >= 15 is 0 Å². The number of carbonyl (C=O) groups is 1. The summed E-state index contributed by atoms with van der Waals surface area (Å²) in [5.41, 5.74) is 2.18. The maximum atomic E-state index is 11.9. The summed E-state index contributed by atoms with van der Waals surface area (Å²) in [6, 6.07) is 10.1. The van der Waals surface area contributed by atoms with Gasteiger partial charge in [0.15, 0.2) is 5.13 Å². The summed E-state index contributed by atoms with van der Waals surface area (Å²) in [6.45, 7) is 2.67. The van der Waals surface area contributed by atoms with Crippen molar-refractivity contribution in [2.75, 3.05) is 11.9 Å². The molecule has 0 fully saturated rings. The number of carbonyl (C=O) groups excluding carboxylic acids is 1. The van der Waals surface area contributed by atoms with Crippen LogP contribution in [0.4, 0.5) is 5.13 Å². The second-order valence-corrected chi connectivity index (χ2v) is 6.22. The maximum absolute atomic E-state index is 11.9. The fourth-order valence-electron chi connectivity index (χ4n) is 2.45. The molecule has 1 amide bonds. The number of thiazole rings is 1. The third kappa shape index (κ3) is 4.06.